The third-order valence-corrected chi connectivity index (χ3v) is 5.73. The predicted octanol–water partition coefficient (Wildman–Crippen LogP) is 3.19. The molecule has 2 unspecified atom stereocenters. The van der Waals surface area contributed by atoms with Crippen molar-refractivity contribution >= 4 is 34.8 Å². The molecule has 1 fully saturated rings. The number of aromatic nitrogens is 2. The van der Waals surface area contributed by atoms with Gasteiger partial charge in [-0.2, -0.15) is 0 Å². The number of ether oxygens (including phenoxy) is 1. The first-order valence-corrected chi connectivity index (χ1v) is 10.7. The highest BCUT2D eigenvalue weighted by molar-refractivity contribution is 6.13. The first kappa shape index (κ1) is 22.6. The van der Waals surface area contributed by atoms with Crippen LogP contribution in [0.4, 0.5) is 10.7 Å². The molecule has 2 heterocycles. The molecular weight excluding hydrogens is 396 g/mol. The van der Waals surface area contributed by atoms with E-state index in [1.807, 2.05) is 6.07 Å². The molecule has 2 amide bonds. The van der Waals surface area contributed by atoms with Gasteiger partial charge in [-0.3, -0.25) is 5.32 Å². The second kappa shape index (κ2) is 10.3. The molecule has 0 saturated carbocycles. The topological polar surface area (TPSA) is 126 Å². The van der Waals surface area contributed by atoms with Crippen molar-refractivity contribution in [2.75, 3.05) is 32.6 Å². The number of amides is 2. The predicted molar refractivity (Wildman–Crippen MR) is 123 cm³/mol. The van der Waals surface area contributed by atoms with Gasteiger partial charge in [0.25, 0.3) is 0 Å². The Hall–Kier alpha value is -3.07. The maximum absolute atomic E-state index is 12.9. The van der Waals surface area contributed by atoms with Crippen LogP contribution in [-0.4, -0.2) is 65.6 Å². The fourth-order valence-corrected chi connectivity index (χ4v) is 4.02. The Labute approximate surface area is 182 Å². The molecule has 5 N–H and O–H groups in total. The van der Waals surface area contributed by atoms with Crippen LogP contribution in [0.25, 0.3) is 16.6 Å². The summed E-state index contributed by atoms with van der Waals surface area (Å²) < 4.78 is 5.44. The van der Waals surface area contributed by atoms with Gasteiger partial charge in [0, 0.05) is 49.6 Å². The Morgan fingerprint density at radius 1 is 1.48 bits per heavy atom. The summed E-state index contributed by atoms with van der Waals surface area (Å²) in [5, 5.41) is 23.8. The van der Waals surface area contributed by atoms with Crippen LogP contribution < -0.4 is 15.4 Å². The number of unbranched alkanes of at least 4 members (excludes halogenated alkanes) is 1. The van der Waals surface area contributed by atoms with Crippen molar-refractivity contribution in [3.05, 3.63) is 23.9 Å². The maximum Gasteiger partial charge on any atom is 0.324 e. The van der Waals surface area contributed by atoms with Crippen molar-refractivity contribution in [2.24, 2.45) is 5.92 Å². The van der Waals surface area contributed by atoms with E-state index < -0.39 is 0 Å². The first-order valence-electron chi connectivity index (χ1n) is 10.7. The van der Waals surface area contributed by atoms with Crippen LogP contribution in [0, 0.1) is 11.3 Å². The van der Waals surface area contributed by atoms with Gasteiger partial charge in [0.2, 0.25) is 5.95 Å². The number of anilines is 1. The number of nitrogens with one attached hydrogen (secondary N) is 4. The number of urea groups is 1. The number of methoxy groups -OCH3 is 1. The minimum absolute atomic E-state index is 0.101. The molecule has 1 aliphatic rings. The third kappa shape index (κ3) is 4.99. The molecule has 9 nitrogen and oxygen atoms in total. The highest BCUT2D eigenvalue weighted by Gasteiger charge is 2.30. The molecular formula is C22H32N6O3. The number of H-pyrrole nitrogens is 1. The molecule has 1 aromatic heterocycles. The molecule has 9 heteroatoms. The normalized spacial score (nSPS) is 19.4. The van der Waals surface area contributed by atoms with Crippen molar-refractivity contribution < 1.29 is 14.6 Å². The summed E-state index contributed by atoms with van der Waals surface area (Å²) in [7, 11) is 3.34. The van der Waals surface area contributed by atoms with Crippen molar-refractivity contribution in [1.29, 1.82) is 5.41 Å². The van der Waals surface area contributed by atoms with Gasteiger partial charge < -0.3 is 30.5 Å². The molecule has 2 aromatic rings. The molecule has 1 aliphatic heterocycles. The number of aromatic amines is 1. The van der Waals surface area contributed by atoms with E-state index in [0.717, 1.165) is 24.8 Å². The fraction of sp³-hybridized carbons (Fsp3) is 0.500. The van der Waals surface area contributed by atoms with Crippen LogP contribution in [0.15, 0.2) is 18.3 Å². The van der Waals surface area contributed by atoms with Gasteiger partial charge in [0.05, 0.1) is 13.2 Å². The Morgan fingerprint density at radius 2 is 2.29 bits per heavy atom. The number of piperidine rings is 1. The van der Waals surface area contributed by atoms with Gasteiger partial charge >= 0.3 is 6.03 Å². The number of hydrogen-bond acceptors (Lipinski definition) is 6. The lowest BCUT2D eigenvalue weighted by molar-refractivity contribution is 0.0372. The lowest BCUT2D eigenvalue weighted by Crippen LogP contribution is -2.47. The third-order valence-electron chi connectivity index (χ3n) is 5.73. The summed E-state index contributed by atoms with van der Waals surface area (Å²) in [5.41, 5.74) is 2.66. The monoisotopic (exact) mass is 428 g/mol. The van der Waals surface area contributed by atoms with Crippen molar-refractivity contribution in [1.82, 2.24) is 20.2 Å². The average molecular weight is 429 g/mol. The van der Waals surface area contributed by atoms with Crippen LogP contribution in [-0.2, 0) is 0 Å². The Kier molecular flexibility index (Phi) is 7.51. The number of allylic oxidation sites excluding steroid dienone is 1. The zero-order valence-electron chi connectivity index (χ0n) is 18.4. The number of benzene rings is 1. The van der Waals surface area contributed by atoms with Crippen molar-refractivity contribution in [3.63, 3.8) is 0 Å². The molecule has 1 saturated heterocycles. The Bertz CT molecular complexity index is 954. The van der Waals surface area contributed by atoms with E-state index in [1.54, 1.807) is 31.3 Å². The summed E-state index contributed by atoms with van der Waals surface area (Å²) in [6.07, 6.45) is 6.22. The minimum Gasteiger partial charge on any atom is -0.494 e. The quantitative estimate of drug-likeness (QED) is 0.413. The maximum atomic E-state index is 12.9. The zero-order chi connectivity index (χ0) is 22.4. The molecule has 0 bridgehead atoms. The van der Waals surface area contributed by atoms with Gasteiger partial charge in [-0.25, -0.2) is 9.78 Å². The molecule has 0 aliphatic carbocycles. The lowest BCUT2D eigenvalue weighted by atomic mass is 9.90. The summed E-state index contributed by atoms with van der Waals surface area (Å²) in [4.78, 5) is 22.3. The van der Waals surface area contributed by atoms with Gasteiger partial charge in [-0.1, -0.05) is 19.8 Å². The van der Waals surface area contributed by atoms with E-state index in [0.29, 0.717) is 47.8 Å². The van der Waals surface area contributed by atoms with Gasteiger partial charge in [-0.05, 0) is 25.0 Å². The number of nitrogens with zero attached hydrogens (tertiary/aromatic N) is 2. The molecule has 2 atom stereocenters. The number of carbonyl (C=O) groups is 1. The van der Waals surface area contributed by atoms with E-state index in [9.17, 15) is 9.90 Å². The van der Waals surface area contributed by atoms with Gasteiger partial charge in [0.1, 0.15) is 16.8 Å². The number of rotatable bonds is 8. The second-order valence-electron chi connectivity index (χ2n) is 7.79. The first-order chi connectivity index (χ1) is 15.0. The van der Waals surface area contributed by atoms with E-state index in [4.69, 9.17) is 10.1 Å². The molecule has 0 radical (unpaired) electrons. The van der Waals surface area contributed by atoms with Crippen LogP contribution in [0.1, 0.15) is 38.2 Å². The number of imidazole rings is 1. The Morgan fingerprint density at radius 3 is 2.97 bits per heavy atom. The van der Waals surface area contributed by atoms with Gasteiger partial charge in [0.15, 0.2) is 0 Å². The van der Waals surface area contributed by atoms with Crippen LogP contribution in [0.3, 0.4) is 0 Å². The summed E-state index contributed by atoms with van der Waals surface area (Å²) in [5.74, 6) is 1.01. The highest BCUT2D eigenvalue weighted by atomic mass is 16.5. The number of carbonyl (C=O) groups excluding carboxylic acids is 1. The number of fused-ring (bicyclic) bond motifs is 1. The summed E-state index contributed by atoms with van der Waals surface area (Å²) >= 11 is 0. The van der Waals surface area contributed by atoms with E-state index >= 15 is 0 Å². The molecule has 0 spiro atoms. The van der Waals surface area contributed by atoms with E-state index in [2.05, 4.69) is 27.5 Å². The highest BCUT2D eigenvalue weighted by Crippen LogP contribution is 2.31. The standard InChI is InChI=1S/C22H32N6O3/c1-4-5-6-14-13-28(10-9-17(14)29)22(30)27-21-25-19-16(15(11-23)12-24-2)7-8-18(31-3)20(19)26-21/h7-8,11-12,14,17,23-24,29H,4-6,9-10,13H2,1-3H3,(H2,25,26,27,30)/b15-12+,23-11?. The number of aliphatic hydroxyl groups excluding tert-OH is 1. The zero-order valence-corrected chi connectivity index (χ0v) is 18.4. The SMILES string of the molecule is CCCCC1CN(C(=O)Nc2nc3c(/C(C=N)=C/NC)ccc(OC)c3[nH]2)CCC1O. The van der Waals surface area contributed by atoms with Crippen molar-refractivity contribution in [3.8, 4) is 5.75 Å². The van der Waals surface area contributed by atoms with E-state index in [-0.39, 0.29) is 18.1 Å². The molecule has 1 aromatic carbocycles. The number of hydrogen-bond donors (Lipinski definition) is 5. The van der Waals surface area contributed by atoms with Crippen LogP contribution in [0.2, 0.25) is 0 Å². The average Bonchev–Trinajstić information content (AvgIpc) is 3.20. The molecule has 3 rings (SSSR count). The largest absolute Gasteiger partial charge is 0.494 e. The van der Waals surface area contributed by atoms with E-state index in [1.165, 1.54) is 6.21 Å². The Balaban J connectivity index is 1.84. The number of likely N-dealkylation sites (tertiary alicyclic amines) is 1. The summed E-state index contributed by atoms with van der Waals surface area (Å²) in [6, 6.07) is 3.40. The van der Waals surface area contributed by atoms with Crippen molar-refractivity contribution in [2.45, 2.75) is 38.7 Å². The molecule has 31 heavy (non-hydrogen) atoms. The number of aliphatic hydroxyl groups is 1. The van der Waals surface area contributed by atoms with Crippen LogP contribution >= 0.6 is 0 Å². The molecule has 168 valence electrons. The second-order valence-corrected chi connectivity index (χ2v) is 7.79. The lowest BCUT2D eigenvalue weighted by Gasteiger charge is -2.36. The van der Waals surface area contributed by atoms with Gasteiger partial charge in [-0.15, -0.1) is 0 Å². The smallest absolute Gasteiger partial charge is 0.324 e. The minimum atomic E-state index is -0.355. The van der Waals surface area contributed by atoms with Crippen LogP contribution in [0.5, 0.6) is 5.75 Å². The summed E-state index contributed by atoms with van der Waals surface area (Å²) in [6.45, 7) is 3.16. The fourth-order valence-electron chi connectivity index (χ4n) is 4.02.